The number of imide groups is 1. The molecular weight excluding hydrogens is 388 g/mol. The Bertz CT molecular complexity index is 1140. The predicted molar refractivity (Wildman–Crippen MR) is 112 cm³/mol. The summed E-state index contributed by atoms with van der Waals surface area (Å²) < 4.78 is 6.90. The summed E-state index contributed by atoms with van der Waals surface area (Å²) in [7, 11) is 1.37. The molecule has 29 heavy (non-hydrogen) atoms. The molecule has 0 radical (unpaired) electrons. The second-order valence-electron chi connectivity index (χ2n) is 6.89. The highest BCUT2D eigenvalue weighted by Crippen LogP contribution is 2.24. The molecule has 0 atom stereocenters. The number of esters is 1. The van der Waals surface area contributed by atoms with Crippen LogP contribution in [0.25, 0.3) is 18.2 Å². The highest BCUT2D eigenvalue weighted by atomic mass is 32.2. The van der Waals surface area contributed by atoms with E-state index in [2.05, 4.69) is 22.0 Å². The van der Waals surface area contributed by atoms with Crippen molar-refractivity contribution in [1.29, 1.82) is 0 Å². The van der Waals surface area contributed by atoms with Gasteiger partial charge in [-0.2, -0.15) is 0 Å². The summed E-state index contributed by atoms with van der Waals surface area (Å²) in [6, 6.07) is 7.34. The van der Waals surface area contributed by atoms with E-state index in [-0.39, 0.29) is 17.1 Å². The summed E-state index contributed by atoms with van der Waals surface area (Å²) in [5, 5.41) is 4.16. The Balaban J connectivity index is 1.71. The van der Waals surface area contributed by atoms with E-state index < -0.39 is 0 Å². The largest absolute Gasteiger partial charge is 0.465 e. The minimum atomic E-state index is -0.356. The topological polar surface area (TPSA) is 77.4 Å². The third-order valence-electron chi connectivity index (χ3n) is 4.94. The number of methoxy groups -OCH3 is 1. The van der Waals surface area contributed by atoms with Gasteiger partial charge in [0.1, 0.15) is 0 Å². The maximum Gasteiger partial charge on any atom is 0.337 e. The zero-order valence-corrected chi connectivity index (χ0v) is 16.8. The Morgan fingerprint density at radius 1 is 1.21 bits per heavy atom. The van der Waals surface area contributed by atoms with Gasteiger partial charge in [-0.05, 0) is 54.8 Å². The molecule has 1 N–H and O–H groups in total. The first-order valence-corrected chi connectivity index (χ1v) is 10.2. The number of carbonyl (C=O) groups is 3. The molecule has 1 aromatic heterocycles. The van der Waals surface area contributed by atoms with Gasteiger partial charge in [-0.15, -0.1) is 0 Å². The molecule has 1 saturated heterocycles. The van der Waals surface area contributed by atoms with Gasteiger partial charge < -0.3 is 9.30 Å². The van der Waals surface area contributed by atoms with Crippen molar-refractivity contribution >= 4 is 47.1 Å². The smallest absolute Gasteiger partial charge is 0.337 e. The first kappa shape index (κ1) is 19.3. The van der Waals surface area contributed by atoms with Crippen molar-refractivity contribution in [3.63, 3.8) is 0 Å². The third-order valence-corrected chi connectivity index (χ3v) is 5.75. The summed E-state index contributed by atoms with van der Waals surface area (Å²) in [5.41, 5.74) is 2.49. The molecule has 2 aromatic rings. The average Bonchev–Trinajstić information content (AvgIpc) is 3.08. The molecule has 2 heterocycles. The molecule has 0 spiro atoms. The lowest BCUT2D eigenvalue weighted by atomic mass is 10.1. The van der Waals surface area contributed by atoms with Crippen molar-refractivity contribution in [2.45, 2.75) is 25.8 Å². The van der Waals surface area contributed by atoms with Gasteiger partial charge in [-0.25, -0.2) is 4.79 Å². The Kier molecular flexibility index (Phi) is 5.40. The van der Waals surface area contributed by atoms with Crippen LogP contribution in [-0.2, 0) is 16.1 Å². The lowest BCUT2D eigenvalue weighted by Crippen LogP contribution is -2.29. The van der Waals surface area contributed by atoms with Crippen LogP contribution in [0.4, 0.5) is 4.79 Å². The SMILES string of the molecule is COC(=O)c1ccc(Cn2cc(/C=C3\SC(=O)NC3=O)c3c2=CCCCC=3)cc1. The zero-order valence-electron chi connectivity index (χ0n) is 15.9. The predicted octanol–water partition coefficient (Wildman–Crippen LogP) is 2.39. The average molecular weight is 408 g/mol. The highest BCUT2D eigenvalue weighted by molar-refractivity contribution is 8.18. The van der Waals surface area contributed by atoms with Crippen LogP contribution in [0.2, 0.25) is 0 Å². The summed E-state index contributed by atoms with van der Waals surface area (Å²) in [4.78, 5) is 35.5. The van der Waals surface area contributed by atoms with Crippen LogP contribution in [0, 0.1) is 0 Å². The fraction of sp³-hybridized carbons (Fsp3) is 0.227. The number of amides is 2. The van der Waals surface area contributed by atoms with Crippen LogP contribution in [0.3, 0.4) is 0 Å². The number of carbonyl (C=O) groups excluding carboxylic acids is 3. The fourth-order valence-electron chi connectivity index (χ4n) is 3.53. The second-order valence-corrected chi connectivity index (χ2v) is 7.91. The number of nitrogens with one attached hydrogen (secondary N) is 1. The first-order chi connectivity index (χ1) is 14.0. The van der Waals surface area contributed by atoms with Gasteiger partial charge in [-0.1, -0.05) is 24.3 Å². The van der Waals surface area contributed by atoms with Gasteiger partial charge in [0.15, 0.2) is 0 Å². The van der Waals surface area contributed by atoms with Gasteiger partial charge in [0.05, 0.1) is 17.6 Å². The number of benzene rings is 1. The monoisotopic (exact) mass is 408 g/mol. The number of aromatic nitrogens is 1. The number of rotatable bonds is 4. The van der Waals surface area contributed by atoms with Gasteiger partial charge in [0.25, 0.3) is 11.1 Å². The van der Waals surface area contributed by atoms with E-state index in [0.717, 1.165) is 52.7 Å². The normalized spacial score (nSPS) is 17.2. The van der Waals surface area contributed by atoms with Crippen molar-refractivity contribution in [1.82, 2.24) is 9.88 Å². The number of hydrogen-bond donors (Lipinski definition) is 1. The molecule has 1 aliphatic carbocycles. The fourth-order valence-corrected chi connectivity index (χ4v) is 4.20. The second kappa shape index (κ2) is 8.13. The maximum absolute atomic E-state index is 12.0. The van der Waals surface area contributed by atoms with Crippen molar-refractivity contribution in [2.75, 3.05) is 7.11 Å². The van der Waals surface area contributed by atoms with Crippen LogP contribution < -0.4 is 15.9 Å². The standard InChI is InChI=1S/C22H20N2O4S/c1-28-21(26)15-9-7-14(8-10-15)12-24-13-16(11-19-20(25)23-22(27)29-19)17-5-3-2-4-6-18(17)24/h5-11,13H,2-4,12H2,1H3,(H,23,25,27)/b19-11-. The van der Waals surface area contributed by atoms with Crippen molar-refractivity contribution in [3.8, 4) is 0 Å². The Hall–Kier alpha value is -3.06. The molecule has 1 aliphatic heterocycles. The minimum absolute atomic E-state index is 0.340. The minimum Gasteiger partial charge on any atom is -0.465 e. The first-order valence-electron chi connectivity index (χ1n) is 9.37. The quantitative estimate of drug-likeness (QED) is 0.621. The lowest BCUT2D eigenvalue weighted by molar-refractivity contribution is -0.115. The van der Waals surface area contributed by atoms with Crippen LogP contribution in [0.1, 0.15) is 40.7 Å². The van der Waals surface area contributed by atoms with E-state index in [1.165, 1.54) is 7.11 Å². The summed E-state index contributed by atoms with van der Waals surface area (Å²) >= 11 is 0.928. The number of fused-ring (bicyclic) bond motifs is 1. The number of thioether (sulfide) groups is 1. The number of hydrogen-bond acceptors (Lipinski definition) is 5. The van der Waals surface area contributed by atoms with Crippen LogP contribution in [0.15, 0.2) is 35.4 Å². The molecule has 2 amide bonds. The molecule has 2 aliphatic rings. The van der Waals surface area contributed by atoms with E-state index in [9.17, 15) is 14.4 Å². The lowest BCUT2D eigenvalue weighted by Gasteiger charge is -2.06. The summed E-state index contributed by atoms with van der Waals surface area (Å²) in [6.07, 6.45) is 11.2. The van der Waals surface area contributed by atoms with Gasteiger partial charge in [0.2, 0.25) is 0 Å². The Morgan fingerprint density at radius 3 is 2.66 bits per heavy atom. The number of ether oxygens (including phenoxy) is 1. The number of nitrogens with zero attached hydrogens (tertiary/aromatic N) is 1. The van der Waals surface area contributed by atoms with Gasteiger partial charge in [0, 0.05) is 28.9 Å². The molecule has 6 nitrogen and oxygen atoms in total. The highest BCUT2D eigenvalue weighted by Gasteiger charge is 2.25. The molecule has 0 bridgehead atoms. The third kappa shape index (κ3) is 4.05. The molecule has 7 heteroatoms. The van der Waals surface area contributed by atoms with Crippen molar-refractivity contribution in [2.24, 2.45) is 0 Å². The Morgan fingerprint density at radius 2 is 1.97 bits per heavy atom. The van der Waals surface area contributed by atoms with Crippen molar-refractivity contribution < 1.29 is 19.1 Å². The molecule has 148 valence electrons. The maximum atomic E-state index is 12.0. The van der Waals surface area contributed by atoms with Crippen LogP contribution in [-0.4, -0.2) is 28.8 Å². The summed E-state index contributed by atoms with van der Waals surface area (Å²) in [6.45, 7) is 0.634. The Labute approximate surface area is 171 Å². The van der Waals surface area contributed by atoms with Crippen LogP contribution in [0.5, 0.6) is 0 Å². The zero-order chi connectivity index (χ0) is 20.4. The summed E-state index contributed by atoms with van der Waals surface area (Å²) in [5.74, 6) is -0.706. The van der Waals surface area contributed by atoms with Gasteiger partial charge >= 0.3 is 5.97 Å². The molecule has 4 rings (SSSR count). The molecule has 0 unspecified atom stereocenters. The van der Waals surface area contributed by atoms with Crippen LogP contribution >= 0.6 is 11.8 Å². The molecular formula is C22H20N2O4S. The van der Waals surface area contributed by atoms with E-state index in [4.69, 9.17) is 4.74 Å². The molecule has 0 saturated carbocycles. The van der Waals surface area contributed by atoms with E-state index in [1.54, 1.807) is 18.2 Å². The van der Waals surface area contributed by atoms with E-state index >= 15 is 0 Å². The van der Waals surface area contributed by atoms with E-state index in [1.807, 2.05) is 18.3 Å². The van der Waals surface area contributed by atoms with Gasteiger partial charge in [-0.3, -0.25) is 14.9 Å². The molecule has 1 aromatic carbocycles. The van der Waals surface area contributed by atoms with Crippen molar-refractivity contribution in [3.05, 3.63) is 62.6 Å². The van der Waals surface area contributed by atoms with E-state index in [0.29, 0.717) is 17.0 Å². The molecule has 1 fully saturated rings.